The van der Waals surface area contributed by atoms with Crippen LogP contribution in [-0.2, 0) is 6.18 Å². The Kier molecular flexibility index (Phi) is 5.35. The first-order valence-electron chi connectivity index (χ1n) is 9.11. The van der Waals surface area contributed by atoms with Crippen molar-refractivity contribution >= 4 is 17.5 Å². The normalized spacial score (nSPS) is 11.5. The van der Waals surface area contributed by atoms with Gasteiger partial charge in [-0.25, -0.2) is 4.98 Å². The quantitative estimate of drug-likeness (QED) is 0.429. The van der Waals surface area contributed by atoms with Gasteiger partial charge in [0.1, 0.15) is 11.5 Å². The van der Waals surface area contributed by atoms with E-state index in [9.17, 15) is 28.2 Å². The van der Waals surface area contributed by atoms with E-state index >= 15 is 0 Å². The molecule has 4 rings (SSSR count). The molecule has 0 aliphatic carbocycles. The third-order valence-electron chi connectivity index (χ3n) is 4.60. The Bertz CT molecular complexity index is 1320. The zero-order chi connectivity index (χ0) is 23.0. The van der Waals surface area contributed by atoms with Gasteiger partial charge in [0.05, 0.1) is 16.7 Å². The Balaban J connectivity index is 1.88. The molecule has 1 heterocycles. The molecule has 3 aromatic carbocycles. The van der Waals surface area contributed by atoms with E-state index in [0.29, 0.717) is 11.1 Å². The molecule has 10 heteroatoms. The smallest absolute Gasteiger partial charge is 0.416 e. The van der Waals surface area contributed by atoms with Crippen LogP contribution < -0.4 is 0 Å². The molecule has 162 valence electrons. The Morgan fingerprint density at radius 2 is 1.59 bits per heavy atom. The van der Waals surface area contributed by atoms with Gasteiger partial charge in [0.15, 0.2) is 11.6 Å². The molecule has 0 spiro atoms. The maximum Gasteiger partial charge on any atom is 0.416 e. The van der Waals surface area contributed by atoms with E-state index in [4.69, 9.17) is 11.6 Å². The summed E-state index contributed by atoms with van der Waals surface area (Å²) in [6.45, 7) is 0. The topological polar surface area (TPSA) is 88.2 Å². The van der Waals surface area contributed by atoms with Crippen LogP contribution >= 0.6 is 11.6 Å². The average molecular weight is 460 g/mol. The van der Waals surface area contributed by atoms with Gasteiger partial charge in [0.25, 0.3) is 5.91 Å². The number of phenols is 2. The van der Waals surface area contributed by atoms with Gasteiger partial charge in [-0.3, -0.25) is 4.79 Å². The number of carbonyl (C=O) groups excluding carboxylic acids is 1. The molecule has 0 saturated heterocycles. The van der Waals surface area contributed by atoms with Crippen molar-refractivity contribution in [3.8, 4) is 34.3 Å². The molecule has 0 bridgehead atoms. The second-order valence-electron chi connectivity index (χ2n) is 6.73. The molecule has 32 heavy (non-hydrogen) atoms. The van der Waals surface area contributed by atoms with Crippen LogP contribution in [-0.4, -0.2) is 30.9 Å². The number of hydrogen-bond acceptors (Lipinski definition) is 5. The number of alkyl halides is 3. The predicted octanol–water partition coefficient (Wildman–Crippen LogP) is 5.38. The SMILES string of the molecule is O=C(c1ccc(Cl)cc1)n1nc(-c2ccc(C(F)(F)F)cc2O)nc1-c1ccccc1O. The zero-order valence-electron chi connectivity index (χ0n) is 16.0. The molecule has 0 saturated carbocycles. The Morgan fingerprint density at radius 1 is 0.906 bits per heavy atom. The van der Waals surface area contributed by atoms with Crippen LogP contribution in [0, 0.1) is 0 Å². The summed E-state index contributed by atoms with van der Waals surface area (Å²) in [4.78, 5) is 17.3. The van der Waals surface area contributed by atoms with E-state index in [1.54, 1.807) is 12.1 Å². The maximum atomic E-state index is 13.1. The van der Waals surface area contributed by atoms with Crippen LogP contribution in [0.5, 0.6) is 11.5 Å². The van der Waals surface area contributed by atoms with E-state index < -0.39 is 23.4 Å². The first-order valence-corrected chi connectivity index (χ1v) is 9.49. The fraction of sp³-hybridized carbons (Fsp3) is 0.0455. The summed E-state index contributed by atoms with van der Waals surface area (Å²) < 4.78 is 39.7. The Labute approximate surface area is 184 Å². The van der Waals surface area contributed by atoms with Gasteiger partial charge >= 0.3 is 6.18 Å². The minimum absolute atomic E-state index is 0.0580. The molecule has 6 nitrogen and oxygen atoms in total. The highest BCUT2D eigenvalue weighted by atomic mass is 35.5. The van der Waals surface area contributed by atoms with Crippen LogP contribution in [0.15, 0.2) is 66.7 Å². The molecule has 0 unspecified atom stereocenters. The van der Waals surface area contributed by atoms with Crippen molar-refractivity contribution in [2.75, 3.05) is 0 Å². The highest BCUT2D eigenvalue weighted by Gasteiger charge is 2.32. The first kappa shape index (κ1) is 21.4. The number of aromatic nitrogens is 3. The standard InChI is InChI=1S/C22H13ClF3N3O3/c23-14-8-5-12(6-9-14)21(32)29-20(16-3-1-2-4-17(16)30)27-19(28-29)15-10-7-13(11-18(15)31)22(24,25)26/h1-11,30-31H. The van der Waals surface area contributed by atoms with Gasteiger partial charge in [-0.2, -0.15) is 17.9 Å². The number of benzene rings is 3. The molecule has 0 amide bonds. The van der Waals surface area contributed by atoms with E-state index in [-0.39, 0.29) is 34.1 Å². The third kappa shape index (κ3) is 4.02. The molecule has 0 fully saturated rings. The minimum Gasteiger partial charge on any atom is -0.507 e. The van der Waals surface area contributed by atoms with Gasteiger partial charge in [-0.15, -0.1) is 5.10 Å². The number of carbonyl (C=O) groups is 1. The molecule has 1 aromatic heterocycles. The van der Waals surface area contributed by atoms with Gasteiger partial charge < -0.3 is 10.2 Å². The molecule has 4 aromatic rings. The van der Waals surface area contributed by atoms with Crippen molar-refractivity contribution in [1.29, 1.82) is 0 Å². The summed E-state index contributed by atoms with van der Waals surface area (Å²) in [5.41, 5.74) is -0.784. The molecule has 0 radical (unpaired) electrons. The number of hydrogen-bond donors (Lipinski definition) is 2. The van der Waals surface area contributed by atoms with Crippen LogP contribution in [0.25, 0.3) is 22.8 Å². The molecule has 0 aliphatic rings. The lowest BCUT2D eigenvalue weighted by molar-refractivity contribution is -0.137. The summed E-state index contributed by atoms with van der Waals surface area (Å²) in [7, 11) is 0. The first-order chi connectivity index (χ1) is 15.1. The number of phenolic OH excluding ortho intramolecular Hbond substituents is 2. The summed E-state index contributed by atoms with van der Waals surface area (Å²) >= 11 is 5.87. The van der Waals surface area contributed by atoms with Crippen molar-refractivity contribution in [3.63, 3.8) is 0 Å². The molecular formula is C22H13ClF3N3O3. The lowest BCUT2D eigenvalue weighted by atomic mass is 10.1. The van der Waals surface area contributed by atoms with Gasteiger partial charge in [0, 0.05) is 10.6 Å². The van der Waals surface area contributed by atoms with E-state index in [2.05, 4.69) is 10.1 Å². The second-order valence-corrected chi connectivity index (χ2v) is 7.17. The van der Waals surface area contributed by atoms with E-state index in [1.165, 1.54) is 36.4 Å². The maximum absolute atomic E-state index is 13.1. The average Bonchev–Trinajstić information content (AvgIpc) is 3.18. The van der Waals surface area contributed by atoms with Crippen molar-refractivity contribution in [1.82, 2.24) is 14.8 Å². The third-order valence-corrected chi connectivity index (χ3v) is 4.85. The highest BCUT2D eigenvalue weighted by Crippen LogP contribution is 2.37. The Morgan fingerprint density at radius 3 is 2.22 bits per heavy atom. The summed E-state index contributed by atoms with van der Waals surface area (Å²) in [5.74, 6) is -1.77. The van der Waals surface area contributed by atoms with Crippen molar-refractivity contribution in [2.45, 2.75) is 6.18 Å². The number of rotatable bonds is 3. The fourth-order valence-corrected chi connectivity index (χ4v) is 3.14. The van der Waals surface area contributed by atoms with Gasteiger partial charge in [0.2, 0.25) is 0 Å². The monoisotopic (exact) mass is 459 g/mol. The molecule has 0 aliphatic heterocycles. The van der Waals surface area contributed by atoms with Crippen LogP contribution in [0.4, 0.5) is 13.2 Å². The minimum atomic E-state index is -4.64. The van der Waals surface area contributed by atoms with E-state index in [1.807, 2.05) is 0 Å². The summed E-state index contributed by atoms with van der Waals surface area (Å²) in [6, 6.07) is 14.4. The predicted molar refractivity (Wildman–Crippen MR) is 110 cm³/mol. The van der Waals surface area contributed by atoms with Crippen LogP contribution in [0.3, 0.4) is 0 Å². The Hall–Kier alpha value is -3.85. The van der Waals surface area contributed by atoms with Crippen molar-refractivity contribution < 1.29 is 28.2 Å². The number of para-hydroxylation sites is 1. The summed E-state index contributed by atoms with van der Waals surface area (Å²) in [6.07, 6.45) is -4.64. The van der Waals surface area contributed by atoms with Crippen molar-refractivity contribution in [3.05, 3.63) is 82.9 Å². The highest BCUT2D eigenvalue weighted by molar-refractivity contribution is 6.30. The van der Waals surface area contributed by atoms with Gasteiger partial charge in [-0.05, 0) is 54.6 Å². The van der Waals surface area contributed by atoms with Crippen LogP contribution in [0.1, 0.15) is 15.9 Å². The number of aromatic hydroxyl groups is 2. The van der Waals surface area contributed by atoms with Crippen molar-refractivity contribution in [2.24, 2.45) is 0 Å². The van der Waals surface area contributed by atoms with E-state index in [0.717, 1.165) is 16.8 Å². The van der Waals surface area contributed by atoms with Gasteiger partial charge in [-0.1, -0.05) is 23.7 Å². The lowest BCUT2D eigenvalue weighted by Gasteiger charge is -2.08. The zero-order valence-corrected chi connectivity index (χ0v) is 16.8. The lowest BCUT2D eigenvalue weighted by Crippen LogP contribution is -2.15. The molecule has 0 atom stereocenters. The number of nitrogens with zero attached hydrogens (tertiary/aromatic N) is 3. The largest absolute Gasteiger partial charge is 0.507 e. The fourth-order valence-electron chi connectivity index (χ4n) is 3.02. The number of halogens is 4. The molecular weight excluding hydrogens is 447 g/mol. The summed E-state index contributed by atoms with van der Waals surface area (Å²) in [5, 5.41) is 25.0. The molecule has 2 N–H and O–H groups in total. The second kappa shape index (κ2) is 8.01. The van der Waals surface area contributed by atoms with Crippen LogP contribution in [0.2, 0.25) is 5.02 Å².